The monoisotopic (exact) mass is 230 g/mol. The first-order chi connectivity index (χ1) is 5.27. The first-order valence-corrected chi connectivity index (χ1v) is 4.01. The Bertz CT molecular complexity index is 306. The third-order valence-electron chi connectivity index (χ3n) is 1.20. The zero-order chi connectivity index (χ0) is 8.27. The maximum absolute atomic E-state index is 8.59. The van der Waals surface area contributed by atoms with E-state index in [1.165, 1.54) is 0 Å². The molecule has 0 amide bonds. The molecule has 0 aliphatic heterocycles. The number of rotatable bonds is 1. The predicted molar refractivity (Wildman–Crippen MR) is 48.7 cm³/mol. The minimum Gasteiger partial charge on any atom is -0.321 e. The molecule has 1 N–H and O–H groups in total. The van der Waals surface area contributed by atoms with Gasteiger partial charge < -0.3 is 4.34 Å². The van der Waals surface area contributed by atoms with Crippen LogP contribution < -0.4 is 4.34 Å². The average molecular weight is 231 g/mol. The van der Waals surface area contributed by atoms with E-state index in [0.717, 1.165) is 0 Å². The topological polar surface area (TPSA) is 35.8 Å². The lowest BCUT2D eigenvalue weighted by molar-refractivity contribution is 1.49. The summed E-state index contributed by atoms with van der Waals surface area (Å²) in [6.45, 7) is 0. The molecule has 0 aromatic heterocycles. The van der Waals surface area contributed by atoms with Gasteiger partial charge in [0.05, 0.1) is 11.3 Å². The summed E-state index contributed by atoms with van der Waals surface area (Å²) in [6.07, 6.45) is 0. The van der Waals surface area contributed by atoms with Crippen LogP contribution in [0.25, 0.3) is 0 Å². The first-order valence-electron chi connectivity index (χ1n) is 2.84. The molecule has 0 heterocycles. The van der Waals surface area contributed by atoms with Crippen molar-refractivity contribution < 1.29 is 0 Å². The molecular formula is C7H4BrClN2. The molecule has 0 saturated carbocycles. The lowest BCUT2D eigenvalue weighted by atomic mass is 10.2. The number of hydrogen-bond donors (Lipinski definition) is 1. The van der Waals surface area contributed by atoms with Crippen LogP contribution in [0.1, 0.15) is 5.56 Å². The fourth-order valence-corrected chi connectivity index (χ4v) is 1.19. The lowest BCUT2D eigenvalue weighted by Crippen LogP contribution is -1.84. The van der Waals surface area contributed by atoms with Gasteiger partial charge in [-0.25, -0.2) is 0 Å². The third kappa shape index (κ3) is 1.86. The molecule has 0 radical (unpaired) electrons. The van der Waals surface area contributed by atoms with Gasteiger partial charge in [0, 0.05) is 21.2 Å². The van der Waals surface area contributed by atoms with Crippen molar-refractivity contribution in [3.8, 4) is 6.07 Å². The van der Waals surface area contributed by atoms with Crippen molar-refractivity contribution in [3.05, 3.63) is 28.8 Å². The Balaban J connectivity index is 3.19. The minimum absolute atomic E-state index is 0.561. The zero-order valence-corrected chi connectivity index (χ0v) is 7.78. The largest absolute Gasteiger partial charge is 0.321 e. The summed E-state index contributed by atoms with van der Waals surface area (Å²) >= 11 is 8.71. The number of benzene rings is 1. The van der Waals surface area contributed by atoms with E-state index in [-0.39, 0.29) is 0 Å². The van der Waals surface area contributed by atoms with Crippen LogP contribution in [0.2, 0.25) is 5.02 Å². The van der Waals surface area contributed by atoms with Gasteiger partial charge in [-0.05, 0) is 18.2 Å². The van der Waals surface area contributed by atoms with Crippen molar-refractivity contribution in [1.82, 2.24) is 0 Å². The Morgan fingerprint density at radius 2 is 2.27 bits per heavy atom. The molecule has 0 fully saturated rings. The van der Waals surface area contributed by atoms with Gasteiger partial charge in [0.15, 0.2) is 0 Å². The molecule has 0 atom stereocenters. The fraction of sp³-hybridized carbons (Fsp3) is 0. The molecule has 4 heteroatoms. The molecule has 11 heavy (non-hydrogen) atoms. The second-order valence-electron chi connectivity index (χ2n) is 1.90. The third-order valence-corrected chi connectivity index (χ3v) is 1.87. The summed E-state index contributed by atoms with van der Waals surface area (Å²) in [6, 6.07) is 7.03. The van der Waals surface area contributed by atoms with Crippen LogP contribution in [-0.2, 0) is 0 Å². The maximum atomic E-state index is 8.59. The van der Waals surface area contributed by atoms with Gasteiger partial charge in [-0.3, -0.25) is 0 Å². The molecule has 0 aliphatic rings. The van der Waals surface area contributed by atoms with Crippen molar-refractivity contribution in [2.75, 3.05) is 4.34 Å². The molecule has 0 unspecified atom stereocenters. The Labute approximate surface area is 78.1 Å². The number of halogens is 2. The van der Waals surface area contributed by atoms with E-state index in [1.54, 1.807) is 18.2 Å². The first kappa shape index (κ1) is 8.38. The van der Waals surface area contributed by atoms with Crippen LogP contribution in [0.15, 0.2) is 18.2 Å². The van der Waals surface area contributed by atoms with Crippen LogP contribution in [0, 0.1) is 11.3 Å². The maximum Gasteiger partial charge on any atom is 0.101 e. The molecular weight excluding hydrogens is 227 g/mol. The summed E-state index contributed by atoms with van der Waals surface area (Å²) in [5.74, 6) is 0. The van der Waals surface area contributed by atoms with Gasteiger partial charge in [0.25, 0.3) is 0 Å². The van der Waals surface area contributed by atoms with Crippen molar-refractivity contribution in [3.63, 3.8) is 0 Å². The number of nitrogens with zero attached hydrogens (tertiary/aromatic N) is 1. The molecule has 0 bridgehead atoms. The SMILES string of the molecule is N#Cc1ccc(Cl)cc1NBr. The number of anilines is 1. The minimum atomic E-state index is 0.561. The highest BCUT2D eigenvalue weighted by atomic mass is 79.9. The van der Waals surface area contributed by atoms with Crippen LogP contribution in [-0.4, -0.2) is 0 Å². The van der Waals surface area contributed by atoms with Gasteiger partial charge >= 0.3 is 0 Å². The second kappa shape index (κ2) is 3.61. The second-order valence-corrected chi connectivity index (χ2v) is 2.73. The van der Waals surface area contributed by atoms with Crippen LogP contribution in [0.5, 0.6) is 0 Å². The van der Waals surface area contributed by atoms with Gasteiger partial charge in [0.1, 0.15) is 6.07 Å². The average Bonchev–Trinajstić information content (AvgIpc) is 2.04. The van der Waals surface area contributed by atoms with Crippen molar-refractivity contribution in [2.45, 2.75) is 0 Å². The molecule has 1 rings (SSSR count). The van der Waals surface area contributed by atoms with Gasteiger partial charge in [-0.1, -0.05) is 11.6 Å². The molecule has 0 aliphatic carbocycles. The summed E-state index contributed by atoms with van der Waals surface area (Å²) in [4.78, 5) is 0. The van der Waals surface area contributed by atoms with Crippen LogP contribution in [0.4, 0.5) is 5.69 Å². The Morgan fingerprint density at radius 1 is 1.55 bits per heavy atom. The molecule has 56 valence electrons. The highest BCUT2D eigenvalue weighted by molar-refractivity contribution is 9.10. The molecule has 2 nitrogen and oxygen atoms in total. The van der Waals surface area contributed by atoms with Gasteiger partial charge in [-0.2, -0.15) is 5.26 Å². The van der Waals surface area contributed by atoms with Crippen LogP contribution in [0.3, 0.4) is 0 Å². The van der Waals surface area contributed by atoms with E-state index in [4.69, 9.17) is 16.9 Å². The number of nitriles is 1. The summed E-state index contributed by atoms with van der Waals surface area (Å²) in [5.41, 5.74) is 1.24. The van der Waals surface area contributed by atoms with Crippen LogP contribution >= 0.6 is 27.7 Å². The van der Waals surface area contributed by atoms with Crippen molar-refractivity contribution >= 4 is 33.4 Å². The quantitative estimate of drug-likeness (QED) is 0.754. The Morgan fingerprint density at radius 3 is 2.82 bits per heavy atom. The summed E-state index contributed by atoms with van der Waals surface area (Å²) < 4.78 is 2.69. The van der Waals surface area contributed by atoms with E-state index in [1.807, 2.05) is 6.07 Å². The van der Waals surface area contributed by atoms with E-state index < -0.39 is 0 Å². The highest BCUT2D eigenvalue weighted by Crippen LogP contribution is 2.20. The molecule has 1 aromatic carbocycles. The normalized spacial score (nSPS) is 8.82. The van der Waals surface area contributed by atoms with Gasteiger partial charge in [0.2, 0.25) is 0 Å². The zero-order valence-electron chi connectivity index (χ0n) is 5.44. The Kier molecular flexibility index (Phi) is 2.75. The standard InChI is InChI=1S/C7H4BrClN2/c8-11-7-3-6(9)2-1-5(7)4-10/h1-3,11H. The van der Waals surface area contributed by atoms with E-state index in [9.17, 15) is 0 Å². The Hall–Kier alpha value is -0.720. The smallest absolute Gasteiger partial charge is 0.101 e. The van der Waals surface area contributed by atoms with E-state index in [2.05, 4.69) is 20.5 Å². The summed E-state index contributed by atoms with van der Waals surface area (Å²) in [7, 11) is 0. The molecule has 1 aromatic rings. The number of nitrogens with one attached hydrogen (secondary N) is 1. The van der Waals surface area contributed by atoms with Crippen molar-refractivity contribution in [1.29, 1.82) is 5.26 Å². The molecule has 0 spiro atoms. The summed E-state index contributed by atoms with van der Waals surface area (Å²) in [5, 5.41) is 9.19. The van der Waals surface area contributed by atoms with E-state index >= 15 is 0 Å². The van der Waals surface area contributed by atoms with Gasteiger partial charge in [-0.15, -0.1) is 0 Å². The number of hydrogen-bond acceptors (Lipinski definition) is 2. The fourth-order valence-electron chi connectivity index (χ4n) is 0.692. The molecule has 0 saturated heterocycles. The van der Waals surface area contributed by atoms with Crippen molar-refractivity contribution in [2.24, 2.45) is 0 Å². The predicted octanol–water partition coefficient (Wildman–Crippen LogP) is 2.93. The van der Waals surface area contributed by atoms with E-state index in [0.29, 0.717) is 16.3 Å². The lowest BCUT2D eigenvalue weighted by Gasteiger charge is -1.99. The highest BCUT2D eigenvalue weighted by Gasteiger charge is 1.99.